The third kappa shape index (κ3) is 4.25. The third-order valence-corrected chi connectivity index (χ3v) is 8.49. The van der Waals surface area contributed by atoms with Crippen LogP contribution in [0.2, 0.25) is 0 Å². The van der Waals surface area contributed by atoms with Crippen LogP contribution in [0.4, 0.5) is 0 Å². The van der Waals surface area contributed by atoms with Crippen molar-refractivity contribution in [3.05, 3.63) is 96.6 Å². The van der Waals surface area contributed by atoms with Crippen molar-refractivity contribution in [3.63, 3.8) is 0 Å². The van der Waals surface area contributed by atoms with Crippen LogP contribution in [0, 0.1) is 0 Å². The molecule has 0 spiro atoms. The molecule has 0 atom stereocenters. The van der Waals surface area contributed by atoms with E-state index in [0.29, 0.717) is 11.1 Å². The molecule has 0 aliphatic rings. The second kappa shape index (κ2) is 8.46. The summed E-state index contributed by atoms with van der Waals surface area (Å²) in [7, 11) is -8.60. The SMILES string of the molecule is NS(=O)(=O)c1ccccc1S(=O)(=O)CC(=O)c1ccc(-c2cc3ccccc3o2)c2ccccc12. The van der Waals surface area contributed by atoms with Gasteiger partial charge in [-0.2, -0.15) is 0 Å². The first kappa shape index (κ1) is 23.0. The molecular weight excluding hydrogens is 486 g/mol. The number of Topliss-reactive ketones (excluding diaryl/α,β-unsaturated/α-hetero) is 1. The molecule has 5 rings (SSSR count). The molecule has 2 N–H and O–H groups in total. The van der Waals surface area contributed by atoms with E-state index < -0.39 is 41.2 Å². The Kier molecular flexibility index (Phi) is 5.55. The van der Waals surface area contributed by atoms with Crippen molar-refractivity contribution in [1.82, 2.24) is 0 Å². The number of fused-ring (bicyclic) bond motifs is 2. The molecule has 0 unspecified atom stereocenters. The van der Waals surface area contributed by atoms with E-state index in [4.69, 9.17) is 9.56 Å². The standard InChI is InChI=1S/C26H19NO6S2/c27-35(31,32)26-12-6-5-11-25(26)34(29,30)16-22(28)20-13-14-21(19-9-3-2-8-18(19)20)24-15-17-7-1-4-10-23(17)33-24/h1-15H,16H2,(H2,27,31,32). The molecule has 0 amide bonds. The highest BCUT2D eigenvalue weighted by Crippen LogP contribution is 2.35. The molecule has 0 aliphatic heterocycles. The van der Waals surface area contributed by atoms with E-state index in [0.717, 1.165) is 34.1 Å². The fraction of sp³-hybridized carbons (Fsp3) is 0.0385. The fourth-order valence-electron chi connectivity index (χ4n) is 4.14. The normalized spacial score (nSPS) is 12.3. The van der Waals surface area contributed by atoms with Crippen LogP contribution in [0.15, 0.2) is 105 Å². The maximum atomic E-state index is 13.2. The molecule has 1 heterocycles. The Morgan fingerprint density at radius 1 is 0.743 bits per heavy atom. The molecule has 0 aliphatic carbocycles. The molecule has 0 fully saturated rings. The lowest BCUT2D eigenvalue weighted by atomic mass is 9.96. The largest absolute Gasteiger partial charge is 0.456 e. The molecule has 0 saturated heterocycles. The van der Waals surface area contributed by atoms with Crippen LogP contribution in [-0.2, 0) is 19.9 Å². The van der Waals surface area contributed by atoms with Gasteiger partial charge in [0.2, 0.25) is 10.0 Å². The van der Waals surface area contributed by atoms with Crippen LogP contribution >= 0.6 is 0 Å². The summed E-state index contributed by atoms with van der Waals surface area (Å²) >= 11 is 0. The fourth-order valence-corrected chi connectivity index (χ4v) is 6.80. The van der Waals surface area contributed by atoms with Crippen molar-refractivity contribution >= 4 is 47.4 Å². The van der Waals surface area contributed by atoms with Gasteiger partial charge >= 0.3 is 0 Å². The van der Waals surface area contributed by atoms with E-state index in [9.17, 15) is 21.6 Å². The summed E-state index contributed by atoms with van der Waals surface area (Å²) in [5, 5.41) is 7.40. The highest BCUT2D eigenvalue weighted by Gasteiger charge is 2.28. The Bertz CT molecular complexity index is 1800. The van der Waals surface area contributed by atoms with Gasteiger partial charge in [-0.15, -0.1) is 0 Å². The smallest absolute Gasteiger partial charge is 0.239 e. The lowest BCUT2D eigenvalue weighted by Gasteiger charge is -2.11. The third-order valence-electron chi connectivity index (χ3n) is 5.73. The number of hydrogen-bond acceptors (Lipinski definition) is 6. The number of sulfonamides is 1. The number of para-hydroxylation sites is 1. The van der Waals surface area contributed by atoms with Crippen molar-refractivity contribution in [2.24, 2.45) is 5.14 Å². The van der Waals surface area contributed by atoms with Gasteiger partial charge in [-0.25, -0.2) is 22.0 Å². The summed E-state index contributed by atoms with van der Waals surface area (Å²) in [4.78, 5) is 12.2. The minimum atomic E-state index is -4.30. The van der Waals surface area contributed by atoms with E-state index in [1.54, 1.807) is 24.3 Å². The highest BCUT2D eigenvalue weighted by molar-refractivity contribution is 7.94. The number of carbonyl (C=O) groups is 1. The molecule has 0 radical (unpaired) electrons. The summed E-state index contributed by atoms with van der Waals surface area (Å²) in [6.07, 6.45) is 0. The van der Waals surface area contributed by atoms with Crippen LogP contribution in [0.5, 0.6) is 0 Å². The maximum absolute atomic E-state index is 13.2. The van der Waals surface area contributed by atoms with Crippen LogP contribution in [0.1, 0.15) is 10.4 Å². The van der Waals surface area contributed by atoms with Crippen LogP contribution < -0.4 is 5.14 Å². The average Bonchev–Trinajstić information content (AvgIpc) is 3.26. The molecule has 0 saturated carbocycles. The zero-order valence-electron chi connectivity index (χ0n) is 18.2. The van der Waals surface area contributed by atoms with Crippen LogP contribution in [-0.4, -0.2) is 28.4 Å². The van der Waals surface area contributed by atoms with Gasteiger partial charge in [-0.3, -0.25) is 4.79 Å². The lowest BCUT2D eigenvalue weighted by Crippen LogP contribution is -2.21. The van der Waals surface area contributed by atoms with Gasteiger partial charge in [0, 0.05) is 16.5 Å². The Hall–Kier alpha value is -3.79. The van der Waals surface area contributed by atoms with Crippen molar-refractivity contribution in [2.45, 2.75) is 9.79 Å². The molecule has 1 aromatic heterocycles. The van der Waals surface area contributed by atoms with Crippen LogP contribution in [0.25, 0.3) is 33.1 Å². The number of hydrogen-bond donors (Lipinski definition) is 1. The number of primary sulfonamides is 1. The van der Waals surface area contributed by atoms with E-state index in [1.807, 2.05) is 42.5 Å². The minimum absolute atomic E-state index is 0.206. The van der Waals surface area contributed by atoms with Gasteiger partial charge in [0.15, 0.2) is 15.6 Å². The maximum Gasteiger partial charge on any atom is 0.239 e. The molecule has 9 heteroatoms. The summed E-state index contributed by atoms with van der Waals surface area (Å²) in [5.41, 5.74) is 1.69. The molecule has 4 aromatic carbocycles. The molecule has 7 nitrogen and oxygen atoms in total. The monoisotopic (exact) mass is 505 g/mol. The Balaban J connectivity index is 1.58. The number of furan rings is 1. The number of benzene rings is 4. The molecule has 35 heavy (non-hydrogen) atoms. The summed E-state index contributed by atoms with van der Waals surface area (Å²) in [6, 6.07) is 24.9. The number of nitrogens with two attached hydrogens (primary N) is 1. The zero-order valence-corrected chi connectivity index (χ0v) is 19.8. The number of rotatable bonds is 6. The van der Waals surface area contributed by atoms with Crippen LogP contribution in [0.3, 0.4) is 0 Å². The summed E-state index contributed by atoms with van der Waals surface area (Å²) in [6.45, 7) is 0. The Labute approximate surface area is 201 Å². The van der Waals surface area contributed by atoms with Crippen molar-refractivity contribution in [1.29, 1.82) is 0 Å². The van der Waals surface area contributed by atoms with E-state index >= 15 is 0 Å². The second-order valence-corrected chi connectivity index (χ2v) is 11.5. The lowest BCUT2D eigenvalue weighted by molar-refractivity contribution is 0.102. The van der Waals surface area contributed by atoms with E-state index in [1.165, 1.54) is 12.1 Å². The second-order valence-electron chi connectivity index (χ2n) is 8.03. The van der Waals surface area contributed by atoms with Crippen molar-refractivity contribution in [2.75, 3.05) is 5.75 Å². The first-order valence-electron chi connectivity index (χ1n) is 10.5. The summed E-state index contributed by atoms with van der Waals surface area (Å²) < 4.78 is 55.9. The van der Waals surface area contributed by atoms with E-state index in [2.05, 4.69) is 0 Å². The number of sulfone groups is 1. The van der Waals surface area contributed by atoms with Gasteiger partial charge in [0.1, 0.15) is 22.0 Å². The first-order chi connectivity index (χ1) is 16.6. The van der Waals surface area contributed by atoms with Crippen molar-refractivity contribution < 1.29 is 26.0 Å². The molecular formula is C26H19NO6S2. The Morgan fingerprint density at radius 2 is 1.37 bits per heavy atom. The zero-order chi connectivity index (χ0) is 24.8. The quantitative estimate of drug-likeness (QED) is 0.337. The Morgan fingerprint density at radius 3 is 2.09 bits per heavy atom. The van der Waals surface area contributed by atoms with Gasteiger partial charge in [0.05, 0.1) is 4.90 Å². The minimum Gasteiger partial charge on any atom is -0.456 e. The number of ketones is 1. The predicted octanol–water partition coefficient (Wildman–Crippen LogP) is 4.56. The summed E-state index contributed by atoms with van der Waals surface area (Å²) in [5.74, 6) is -0.953. The van der Waals surface area contributed by atoms with Gasteiger partial charge in [-0.1, -0.05) is 54.6 Å². The van der Waals surface area contributed by atoms with E-state index in [-0.39, 0.29) is 5.56 Å². The number of carbonyl (C=O) groups excluding carboxylic acids is 1. The molecule has 5 aromatic rings. The highest BCUT2D eigenvalue weighted by atomic mass is 32.2. The average molecular weight is 506 g/mol. The van der Waals surface area contributed by atoms with Gasteiger partial charge in [-0.05, 0) is 47.2 Å². The van der Waals surface area contributed by atoms with Gasteiger partial charge in [0.25, 0.3) is 0 Å². The van der Waals surface area contributed by atoms with Crippen molar-refractivity contribution in [3.8, 4) is 11.3 Å². The topological polar surface area (TPSA) is 125 Å². The predicted molar refractivity (Wildman–Crippen MR) is 133 cm³/mol. The first-order valence-corrected chi connectivity index (χ1v) is 13.7. The molecule has 0 bridgehead atoms. The van der Waals surface area contributed by atoms with Gasteiger partial charge < -0.3 is 4.42 Å². The molecule has 176 valence electrons.